The molecule has 0 spiro atoms. The summed E-state index contributed by atoms with van der Waals surface area (Å²) in [6.07, 6.45) is 0. The average molecular weight is 250 g/mol. The Bertz CT molecular complexity index is 487. The molecule has 0 bridgehead atoms. The third kappa shape index (κ3) is 2.43. The second-order valence-electron chi connectivity index (χ2n) is 3.98. The van der Waals surface area contributed by atoms with Gasteiger partial charge in [-0.25, -0.2) is 0 Å². The standard InChI is InChI=1S/C12H14N2O4/c1-14-9-4-8(5-13-11(16)6-15)2-3-10(9)18-7-12(14)17/h2-4,15H,5-7H2,1H3,(H,13,16). The molecule has 0 saturated heterocycles. The number of hydrogen-bond acceptors (Lipinski definition) is 4. The average Bonchev–Trinajstić information content (AvgIpc) is 2.40. The van der Waals surface area contributed by atoms with Crippen molar-refractivity contribution in [3.05, 3.63) is 23.8 Å². The number of nitrogens with zero attached hydrogens (tertiary/aromatic N) is 1. The molecule has 0 saturated carbocycles. The van der Waals surface area contributed by atoms with Crippen LogP contribution in [0.4, 0.5) is 5.69 Å². The molecule has 2 N–H and O–H groups in total. The van der Waals surface area contributed by atoms with Gasteiger partial charge in [-0.3, -0.25) is 9.59 Å². The highest BCUT2D eigenvalue weighted by atomic mass is 16.5. The topological polar surface area (TPSA) is 78.9 Å². The molecule has 1 aromatic carbocycles. The SMILES string of the molecule is CN1C(=O)COc2ccc(CNC(=O)CO)cc21. The van der Waals surface area contributed by atoms with Crippen molar-refractivity contribution in [1.29, 1.82) is 0 Å². The Labute approximate surface area is 104 Å². The van der Waals surface area contributed by atoms with E-state index in [4.69, 9.17) is 9.84 Å². The number of ether oxygens (including phenoxy) is 1. The monoisotopic (exact) mass is 250 g/mol. The molecule has 18 heavy (non-hydrogen) atoms. The van der Waals surface area contributed by atoms with Gasteiger partial charge in [-0.2, -0.15) is 0 Å². The number of nitrogens with one attached hydrogen (secondary N) is 1. The van der Waals surface area contributed by atoms with Crippen molar-refractivity contribution in [2.24, 2.45) is 0 Å². The molecule has 2 amide bonds. The number of likely N-dealkylation sites (N-methyl/N-ethyl adjacent to an activating group) is 1. The van der Waals surface area contributed by atoms with Crippen LogP contribution in [0.5, 0.6) is 5.75 Å². The maximum Gasteiger partial charge on any atom is 0.264 e. The molecule has 6 heteroatoms. The van der Waals surface area contributed by atoms with E-state index in [0.29, 0.717) is 18.0 Å². The zero-order valence-electron chi connectivity index (χ0n) is 9.97. The number of aliphatic hydroxyl groups excluding tert-OH is 1. The van der Waals surface area contributed by atoms with E-state index in [1.807, 2.05) is 0 Å². The second kappa shape index (κ2) is 5.05. The first kappa shape index (κ1) is 12.4. The molecule has 1 heterocycles. The van der Waals surface area contributed by atoms with Crippen LogP contribution >= 0.6 is 0 Å². The van der Waals surface area contributed by atoms with Crippen molar-refractivity contribution < 1.29 is 19.4 Å². The summed E-state index contributed by atoms with van der Waals surface area (Å²) in [5.74, 6) is 0.0989. The molecular weight excluding hydrogens is 236 g/mol. The predicted molar refractivity (Wildman–Crippen MR) is 64.3 cm³/mol. The summed E-state index contributed by atoms with van der Waals surface area (Å²) in [5, 5.41) is 11.1. The first-order valence-electron chi connectivity index (χ1n) is 5.51. The van der Waals surface area contributed by atoms with Gasteiger partial charge in [0.2, 0.25) is 5.91 Å². The van der Waals surface area contributed by atoms with Gasteiger partial charge in [0.25, 0.3) is 5.91 Å². The lowest BCUT2D eigenvalue weighted by Crippen LogP contribution is -2.35. The molecule has 1 aliphatic heterocycles. The maximum absolute atomic E-state index is 11.5. The zero-order chi connectivity index (χ0) is 13.1. The first-order valence-corrected chi connectivity index (χ1v) is 5.51. The quantitative estimate of drug-likeness (QED) is 0.768. The van der Waals surface area contributed by atoms with E-state index in [-0.39, 0.29) is 12.5 Å². The number of carbonyl (C=O) groups is 2. The molecule has 0 atom stereocenters. The van der Waals surface area contributed by atoms with Gasteiger partial charge in [-0.15, -0.1) is 0 Å². The fraction of sp³-hybridized carbons (Fsp3) is 0.333. The summed E-state index contributed by atoms with van der Waals surface area (Å²) < 4.78 is 5.29. The van der Waals surface area contributed by atoms with Gasteiger partial charge in [0.15, 0.2) is 6.61 Å². The van der Waals surface area contributed by atoms with E-state index >= 15 is 0 Å². The van der Waals surface area contributed by atoms with Crippen molar-refractivity contribution in [1.82, 2.24) is 5.32 Å². The summed E-state index contributed by atoms with van der Waals surface area (Å²) in [7, 11) is 1.68. The Hall–Kier alpha value is -2.08. The minimum absolute atomic E-state index is 0.0457. The number of anilines is 1. The third-order valence-electron chi connectivity index (χ3n) is 2.74. The molecule has 1 aliphatic rings. The van der Waals surface area contributed by atoms with Gasteiger partial charge >= 0.3 is 0 Å². The van der Waals surface area contributed by atoms with Crippen LogP contribution in [0.3, 0.4) is 0 Å². The van der Waals surface area contributed by atoms with Crippen LogP contribution in [0.2, 0.25) is 0 Å². The Morgan fingerprint density at radius 2 is 2.33 bits per heavy atom. The largest absolute Gasteiger partial charge is 0.482 e. The van der Waals surface area contributed by atoms with Crippen LogP contribution in [0.1, 0.15) is 5.56 Å². The van der Waals surface area contributed by atoms with E-state index in [0.717, 1.165) is 5.56 Å². The molecular formula is C12H14N2O4. The van der Waals surface area contributed by atoms with Gasteiger partial charge in [0.1, 0.15) is 12.4 Å². The fourth-order valence-electron chi connectivity index (χ4n) is 1.68. The minimum atomic E-state index is -0.535. The van der Waals surface area contributed by atoms with E-state index in [9.17, 15) is 9.59 Å². The summed E-state index contributed by atoms with van der Waals surface area (Å²) in [6, 6.07) is 5.35. The third-order valence-corrected chi connectivity index (χ3v) is 2.74. The van der Waals surface area contributed by atoms with Crippen LogP contribution in [0.25, 0.3) is 0 Å². The highest BCUT2D eigenvalue weighted by Gasteiger charge is 2.22. The Balaban J connectivity index is 2.16. The Kier molecular flexibility index (Phi) is 3.47. The lowest BCUT2D eigenvalue weighted by Gasteiger charge is -2.26. The van der Waals surface area contributed by atoms with Crippen molar-refractivity contribution in [3.8, 4) is 5.75 Å². The van der Waals surface area contributed by atoms with Gasteiger partial charge in [0.05, 0.1) is 5.69 Å². The summed E-state index contributed by atoms with van der Waals surface area (Å²) in [6.45, 7) is -0.189. The Morgan fingerprint density at radius 3 is 3.06 bits per heavy atom. The van der Waals surface area contributed by atoms with Gasteiger partial charge in [0, 0.05) is 13.6 Å². The van der Waals surface area contributed by atoms with Gasteiger partial charge < -0.3 is 20.1 Å². The lowest BCUT2D eigenvalue weighted by atomic mass is 10.1. The van der Waals surface area contributed by atoms with Crippen molar-refractivity contribution >= 4 is 17.5 Å². The highest BCUT2D eigenvalue weighted by Crippen LogP contribution is 2.31. The molecule has 0 aromatic heterocycles. The van der Waals surface area contributed by atoms with Gasteiger partial charge in [-0.1, -0.05) is 6.07 Å². The number of rotatable bonds is 3. The fourth-order valence-corrected chi connectivity index (χ4v) is 1.68. The smallest absolute Gasteiger partial charge is 0.264 e. The summed E-state index contributed by atoms with van der Waals surface area (Å²) >= 11 is 0. The molecule has 0 radical (unpaired) electrons. The zero-order valence-corrected chi connectivity index (χ0v) is 9.97. The van der Waals surface area contributed by atoms with Crippen LogP contribution in [-0.4, -0.2) is 37.2 Å². The number of amides is 2. The molecule has 96 valence electrons. The summed E-state index contributed by atoms with van der Waals surface area (Å²) in [5.41, 5.74) is 1.52. The van der Waals surface area contributed by atoms with E-state index < -0.39 is 12.5 Å². The number of hydrogen-bond donors (Lipinski definition) is 2. The molecule has 0 aliphatic carbocycles. The Morgan fingerprint density at radius 1 is 1.56 bits per heavy atom. The normalized spacial score (nSPS) is 13.9. The van der Waals surface area contributed by atoms with Crippen LogP contribution in [-0.2, 0) is 16.1 Å². The van der Waals surface area contributed by atoms with Crippen molar-refractivity contribution in [2.75, 3.05) is 25.2 Å². The van der Waals surface area contributed by atoms with E-state index in [1.165, 1.54) is 4.90 Å². The maximum atomic E-state index is 11.5. The highest BCUT2D eigenvalue weighted by molar-refractivity contribution is 5.97. The van der Waals surface area contributed by atoms with Crippen LogP contribution < -0.4 is 15.0 Å². The van der Waals surface area contributed by atoms with Crippen molar-refractivity contribution in [2.45, 2.75) is 6.54 Å². The van der Waals surface area contributed by atoms with Crippen LogP contribution in [0.15, 0.2) is 18.2 Å². The molecule has 2 rings (SSSR count). The predicted octanol–water partition coefficient (Wildman–Crippen LogP) is -0.350. The van der Waals surface area contributed by atoms with E-state index in [1.54, 1.807) is 25.2 Å². The summed E-state index contributed by atoms with van der Waals surface area (Å²) in [4.78, 5) is 23.9. The van der Waals surface area contributed by atoms with Gasteiger partial charge in [-0.05, 0) is 17.7 Å². The molecule has 0 unspecified atom stereocenters. The number of benzene rings is 1. The molecule has 1 aromatic rings. The number of carbonyl (C=O) groups excluding carboxylic acids is 2. The minimum Gasteiger partial charge on any atom is -0.482 e. The van der Waals surface area contributed by atoms with Crippen molar-refractivity contribution in [3.63, 3.8) is 0 Å². The molecule has 0 fully saturated rings. The lowest BCUT2D eigenvalue weighted by molar-refractivity contribution is -0.124. The number of aliphatic hydroxyl groups is 1. The first-order chi connectivity index (χ1) is 8.61. The van der Waals surface area contributed by atoms with E-state index in [2.05, 4.69) is 5.32 Å². The van der Waals surface area contributed by atoms with Crippen LogP contribution in [0, 0.1) is 0 Å². The number of fused-ring (bicyclic) bond motifs is 1. The second-order valence-corrected chi connectivity index (χ2v) is 3.98. The molecule has 6 nitrogen and oxygen atoms in total.